The Morgan fingerprint density at radius 1 is 1.30 bits per heavy atom. The molecule has 0 bridgehead atoms. The predicted octanol–water partition coefficient (Wildman–Crippen LogP) is 0.902. The van der Waals surface area contributed by atoms with E-state index in [0.717, 1.165) is 4.90 Å². The maximum atomic E-state index is 11.9. The maximum Gasteiger partial charge on any atom is 0.417 e. The fraction of sp³-hybridized carbons (Fsp3) is 0.692. The average Bonchev–Trinajstić information content (AvgIpc) is 2.29. The summed E-state index contributed by atoms with van der Waals surface area (Å²) in [5, 5.41) is 0. The van der Waals surface area contributed by atoms with Gasteiger partial charge in [0.1, 0.15) is 11.4 Å². The summed E-state index contributed by atoms with van der Waals surface area (Å²) in [5.74, 6) is -2.25. The number of nitrogens with zero attached hydrogens (tertiary/aromatic N) is 1. The lowest BCUT2D eigenvalue weighted by Gasteiger charge is -2.31. The molecule has 7 heteroatoms. The highest BCUT2D eigenvalue weighted by atomic mass is 16.6. The standard InChI is InChI=1S/C13H19NO6/c1-13(2,3)20-12(18)14-7-8(5-11(17)19-4)9(15)6-10(14)16/h8H,5-7H2,1-4H3. The van der Waals surface area contributed by atoms with Crippen LogP contribution in [0.15, 0.2) is 0 Å². The Kier molecular flexibility index (Phi) is 4.86. The number of carbonyl (C=O) groups is 4. The van der Waals surface area contributed by atoms with Crippen LogP contribution in [0, 0.1) is 5.92 Å². The van der Waals surface area contributed by atoms with Crippen molar-refractivity contribution in [3.8, 4) is 0 Å². The number of amides is 2. The van der Waals surface area contributed by atoms with Crippen molar-refractivity contribution >= 4 is 23.8 Å². The minimum atomic E-state index is -0.801. The number of hydrogen-bond donors (Lipinski definition) is 0. The zero-order valence-electron chi connectivity index (χ0n) is 12.1. The number of ether oxygens (including phenoxy) is 2. The zero-order chi connectivity index (χ0) is 15.5. The summed E-state index contributed by atoms with van der Waals surface area (Å²) in [6, 6.07) is 0. The van der Waals surface area contributed by atoms with Crippen molar-refractivity contribution in [1.29, 1.82) is 0 Å². The molecule has 1 aliphatic heterocycles. The van der Waals surface area contributed by atoms with Crippen molar-refractivity contribution in [2.45, 2.75) is 39.2 Å². The van der Waals surface area contributed by atoms with Crippen molar-refractivity contribution in [2.24, 2.45) is 5.92 Å². The van der Waals surface area contributed by atoms with Gasteiger partial charge in [-0.2, -0.15) is 0 Å². The van der Waals surface area contributed by atoms with E-state index < -0.39 is 35.9 Å². The van der Waals surface area contributed by atoms with Crippen LogP contribution in [0.2, 0.25) is 0 Å². The van der Waals surface area contributed by atoms with Gasteiger partial charge in [-0.05, 0) is 20.8 Å². The quantitative estimate of drug-likeness (QED) is 0.553. The van der Waals surface area contributed by atoms with E-state index in [4.69, 9.17) is 4.74 Å². The van der Waals surface area contributed by atoms with Crippen LogP contribution in [-0.4, -0.2) is 47.9 Å². The Hall–Kier alpha value is -1.92. The molecule has 1 saturated heterocycles. The van der Waals surface area contributed by atoms with E-state index in [9.17, 15) is 19.2 Å². The zero-order valence-corrected chi connectivity index (χ0v) is 12.1. The number of rotatable bonds is 2. The van der Waals surface area contributed by atoms with E-state index in [1.165, 1.54) is 7.11 Å². The third kappa shape index (κ3) is 4.32. The summed E-state index contributed by atoms with van der Waals surface area (Å²) in [7, 11) is 1.21. The number of hydrogen-bond acceptors (Lipinski definition) is 6. The number of piperidine rings is 1. The van der Waals surface area contributed by atoms with Crippen molar-refractivity contribution in [1.82, 2.24) is 4.90 Å². The first-order valence-electron chi connectivity index (χ1n) is 6.27. The van der Waals surface area contributed by atoms with Crippen molar-refractivity contribution < 1.29 is 28.7 Å². The highest BCUT2D eigenvalue weighted by molar-refractivity contribution is 6.07. The van der Waals surface area contributed by atoms with E-state index in [2.05, 4.69) is 4.74 Å². The minimum Gasteiger partial charge on any atom is -0.469 e. The molecule has 20 heavy (non-hydrogen) atoms. The largest absolute Gasteiger partial charge is 0.469 e. The van der Waals surface area contributed by atoms with Crippen LogP contribution in [-0.2, 0) is 23.9 Å². The van der Waals surface area contributed by atoms with Crippen LogP contribution in [0.1, 0.15) is 33.6 Å². The molecule has 0 N–H and O–H groups in total. The van der Waals surface area contributed by atoms with Gasteiger partial charge in [-0.15, -0.1) is 0 Å². The number of Topliss-reactive ketones (excluding diaryl/α,β-unsaturated/α-hetero) is 1. The van der Waals surface area contributed by atoms with Crippen molar-refractivity contribution in [3.63, 3.8) is 0 Å². The second-order valence-electron chi connectivity index (χ2n) is 5.60. The molecule has 1 aliphatic rings. The third-order valence-electron chi connectivity index (χ3n) is 2.74. The second kappa shape index (κ2) is 6.02. The Balaban J connectivity index is 2.76. The molecule has 0 aromatic carbocycles. The number of ketones is 1. The first kappa shape index (κ1) is 16.1. The first-order valence-corrected chi connectivity index (χ1v) is 6.27. The van der Waals surface area contributed by atoms with Crippen LogP contribution in [0.5, 0.6) is 0 Å². The van der Waals surface area contributed by atoms with E-state index >= 15 is 0 Å². The smallest absolute Gasteiger partial charge is 0.417 e. The Bertz CT molecular complexity index is 437. The normalized spacial score (nSPS) is 19.8. The molecule has 1 rings (SSSR count). The van der Waals surface area contributed by atoms with Crippen LogP contribution in [0.4, 0.5) is 4.79 Å². The van der Waals surface area contributed by atoms with Gasteiger partial charge in [-0.3, -0.25) is 14.4 Å². The molecule has 0 aliphatic carbocycles. The van der Waals surface area contributed by atoms with E-state index in [1.54, 1.807) is 20.8 Å². The van der Waals surface area contributed by atoms with Gasteiger partial charge in [0.2, 0.25) is 5.91 Å². The second-order valence-corrected chi connectivity index (χ2v) is 5.60. The molecule has 0 aromatic heterocycles. The fourth-order valence-electron chi connectivity index (χ4n) is 1.77. The molecule has 1 heterocycles. The van der Waals surface area contributed by atoms with Gasteiger partial charge in [0.15, 0.2) is 0 Å². The van der Waals surface area contributed by atoms with E-state index in [-0.39, 0.29) is 18.7 Å². The number of carbonyl (C=O) groups excluding carboxylic acids is 4. The molecule has 112 valence electrons. The summed E-state index contributed by atoms with van der Waals surface area (Å²) in [6.07, 6.45) is -1.35. The predicted molar refractivity (Wildman–Crippen MR) is 67.7 cm³/mol. The van der Waals surface area contributed by atoms with Crippen molar-refractivity contribution in [3.05, 3.63) is 0 Å². The monoisotopic (exact) mass is 285 g/mol. The summed E-state index contributed by atoms with van der Waals surface area (Å²) in [6.45, 7) is 4.88. The molecule has 0 radical (unpaired) electrons. The Labute approximate surface area is 117 Å². The summed E-state index contributed by atoms with van der Waals surface area (Å²) in [4.78, 5) is 47.4. The Morgan fingerprint density at radius 3 is 2.40 bits per heavy atom. The lowest BCUT2D eigenvalue weighted by molar-refractivity contribution is -0.149. The first-order chi connectivity index (χ1) is 9.14. The lowest BCUT2D eigenvalue weighted by atomic mass is 9.93. The van der Waals surface area contributed by atoms with Gasteiger partial charge < -0.3 is 9.47 Å². The fourth-order valence-corrected chi connectivity index (χ4v) is 1.77. The molecule has 1 fully saturated rings. The number of methoxy groups -OCH3 is 1. The molecular formula is C13H19NO6. The summed E-state index contributed by atoms with van der Waals surface area (Å²) >= 11 is 0. The van der Waals surface area contributed by atoms with Crippen LogP contribution in [0.25, 0.3) is 0 Å². The highest BCUT2D eigenvalue weighted by Gasteiger charge is 2.38. The highest BCUT2D eigenvalue weighted by Crippen LogP contribution is 2.20. The molecule has 0 aromatic rings. The lowest BCUT2D eigenvalue weighted by Crippen LogP contribution is -2.49. The number of imide groups is 1. The number of esters is 1. The van der Waals surface area contributed by atoms with Crippen LogP contribution < -0.4 is 0 Å². The molecular weight excluding hydrogens is 266 g/mol. The maximum absolute atomic E-state index is 11.9. The van der Waals surface area contributed by atoms with Gasteiger partial charge in [0.05, 0.1) is 20.0 Å². The van der Waals surface area contributed by atoms with Gasteiger partial charge >= 0.3 is 12.1 Å². The Morgan fingerprint density at radius 2 is 1.90 bits per heavy atom. The molecule has 2 amide bonds. The average molecular weight is 285 g/mol. The topological polar surface area (TPSA) is 90.0 Å². The molecule has 7 nitrogen and oxygen atoms in total. The molecule has 1 unspecified atom stereocenters. The van der Waals surface area contributed by atoms with Gasteiger partial charge in [-0.25, -0.2) is 9.69 Å². The van der Waals surface area contributed by atoms with Gasteiger partial charge in [-0.1, -0.05) is 0 Å². The van der Waals surface area contributed by atoms with Gasteiger partial charge in [0.25, 0.3) is 0 Å². The van der Waals surface area contributed by atoms with Gasteiger partial charge in [0, 0.05) is 12.5 Å². The van der Waals surface area contributed by atoms with Crippen LogP contribution >= 0.6 is 0 Å². The summed E-state index contributed by atoms with van der Waals surface area (Å²) < 4.78 is 9.59. The molecule has 0 spiro atoms. The van der Waals surface area contributed by atoms with E-state index in [0.29, 0.717) is 0 Å². The van der Waals surface area contributed by atoms with Crippen molar-refractivity contribution in [2.75, 3.05) is 13.7 Å². The summed E-state index contributed by atoms with van der Waals surface area (Å²) in [5.41, 5.74) is -0.739. The third-order valence-corrected chi connectivity index (χ3v) is 2.74. The van der Waals surface area contributed by atoms with Crippen LogP contribution in [0.3, 0.4) is 0 Å². The SMILES string of the molecule is COC(=O)CC1CN(C(=O)OC(C)(C)C)C(=O)CC1=O. The number of likely N-dealkylation sites (tertiary alicyclic amines) is 1. The van der Waals surface area contributed by atoms with E-state index in [1.807, 2.05) is 0 Å². The molecule has 0 saturated carbocycles. The molecule has 1 atom stereocenters. The minimum absolute atomic E-state index is 0.151.